The van der Waals surface area contributed by atoms with E-state index in [9.17, 15) is 14.0 Å². The van der Waals surface area contributed by atoms with Crippen molar-refractivity contribution in [3.8, 4) is 11.5 Å². The van der Waals surface area contributed by atoms with E-state index in [0.717, 1.165) is 23.9 Å². The van der Waals surface area contributed by atoms with Crippen molar-refractivity contribution in [2.45, 2.75) is 25.3 Å². The summed E-state index contributed by atoms with van der Waals surface area (Å²) in [5.74, 6) is -1.24. The Hall–Kier alpha value is -3.22. The quantitative estimate of drug-likeness (QED) is 0.696. The Balaban J connectivity index is 1.75. The molecule has 0 aliphatic carbocycles. The van der Waals surface area contributed by atoms with Crippen LogP contribution in [-0.2, 0) is 4.79 Å². The minimum atomic E-state index is -0.898. The van der Waals surface area contributed by atoms with Crippen LogP contribution in [-0.4, -0.2) is 33.7 Å². The van der Waals surface area contributed by atoms with E-state index in [1.54, 1.807) is 17.0 Å². The molecule has 2 heterocycles. The minimum absolute atomic E-state index is 0.0531. The standard InChI is InChI=1S/C21H20FN3O3/c22-17-11-9-16(10-12-17)19-23-25(21(27)28-19)18(15-7-3-1-4-8-15)20(26)24-13-5-2-6-14-24/h1,3-4,7-12,18H,2,5-6,13-14H2/t18-/m1/s1. The molecule has 0 saturated carbocycles. The van der Waals surface area contributed by atoms with E-state index < -0.39 is 17.6 Å². The van der Waals surface area contributed by atoms with E-state index in [1.165, 1.54) is 24.3 Å². The lowest BCUT2D eigenvalue weighted by Crippen LogP contribution is -2.43. The Morgan fingerprint density at radius 2 is 1.68 bits per heavy atom. The van der Waals surface area contributed by atoms with Crippen molar-refractivity contribution in [2.24, 2.45) is 0 Å². The molecule has 1 aromatic heterocycles. The van der Waals surface area contributed by atoms with Gasteiger partial charge in [-0.3, -0.25) is 4.79 Å². The Labute approximate surface area is 161 Å². The highest BCUT2D eigenvalue weighted by molar-refractivity contribution is 5.83. The van der Waals surface area contributed by atoms with Gasteiger partial charge in [0.1, 0.15) is 5.82 Å². The lowest BCUT2D eigenvalue weighted by Gasteiger charge is -2.30. The summed E-state index contributed by atoms with van der Waals surface area (Å²) in [6.07, 6.45) is 2.99. The molecule has 1 aliphatic heterocycles. The summed E-state index contributed by atoms with van der Waals surface area (Å²) in [4.78, 5) is 27.6. The predicted octanol–water partition coefficient (Wildman–Crippen LogP) is 3.24. The number of amides is 1. The zero-order valence-electron chi connectivity index (χ0n) is 15.3. The average Bonchev–Trinajstić information content (AvgIpc) is 3.11. The van der Waals surface area contributed by atoms with Crippen LogP contribution >= 0.6 is 0 Å². The molecular formula is C21H20FN3O3. The molecule has 1 atom stereocenters. The molecule has 6 nitrogen and oxygen atoms in total. The van der Waals surface area contributed by atoms with E-state index in [4.69, 9.17) is 4.42 Å². The Kier molecular flexibility index (Phi) is 5.06. The van der Waals surface area contributed by atoms with E-state index >= 15 is 0 Å². The normalized spacial score (nSPS) is 15.4. The van der Waals surface area contributed by atoms with Crippen LogP contribution < -0.4 is 5.76 Å². The zero-order valence-corrected chi connectivity index (χ0v) is 15.3. The third-order valence-corrected chi connectivity index (χ3v) is 4.92. The second kappa shape index (κ2) is 7.80. The molecule has 0 N–H and O–H groups in total. The van der Waals surface area contributed by atoms with Gasteiger partial charge in [0.2, 0.25) is 5.89 Å². The number of carbonyl (C=O) groups is 1. The summed E-state index contributed by atoms with van der Waals surface area (Å²) in [5, 5.41) is 4.27. The van der Waals surface area contributed by atoms with E-state index in [0.29, 0.717) is 24.2 Å². The summed E-state index contributed by atoms with van der Waals surface area (Å²) < 4.78 is 19.6. The maximum Gasteiger partial charge on any atom is 0.438 e. The monoisotopic (exact) mass is 381 g/mol. The van der Waals surface area contributed by atoms with Crippen molar-refractivity contribution in [3.05, 3.63) is 76.5 Å². The van der Waals surface area contributed by atoms with E-state index in [1.807, 2.05) is 18.2 Å². The number of nitrogens with zero attached hydrogens (tertiary/aromatic N) is 3. The minimum Gasteiger partial charge on any atom is -0.388 e. The van der Waals surface area contributed by atoms with Crippen LogP contribution in [0.2, 0.25) is 0 Å². The number of likely N-dealkylation sites (tertiary alicyclic amines) is 1. The average molecular weight is 381 g/mol. The van der Waals surface area contributed by atoms with Crippen LogP contribution in [0.5, 0.6) is 0 Å². The van der Waals surface area contributed by atoms with Gasteiger partial charge in [-0.15, -0.1) is 5.10 Å². The molecule has 0 unspecified atom stereocenters. The molecule has 28 heavy (non-hydrogen) atoms. The number of benzene rings is 2. The first kappa shape index (κ1) is 18.2. The van der Waals surface area contributed by atoms with Crippen molar-refractivity contribution in [3.63, 3.8) is 0 Å². The molecule has 1 aliphatic rings. The smallest absolute Gasteiger partial charge is 0.388 e. The summed E-state index contributed by atoms with van der Waals surface area (Å²) in [5.41, 5.74) is 1.13. The van der Waals surface area contributed by atoms with Crippen molar-refractivity contribution < 1.29 is 13.6 Å². The Morgan fingerprint density at radius 3 is 2.36 bits per heavy atom. The van der Waals surface area contributed by atoms with Crippen LogP contribution in [0.3, 0.4) is 0 Å². The number of hydrogen-bond acceptors (Lipinski definition) is 4. The van der Waals surface area contributed by atoms with E-state index in [-0.39, 0.29) is 11.8 Å². The van der Waals surface area contributed by atoms with Gasteiger partial charge >= 0.3 is 5.76 Å². The number of halogens is 1. The second-order valence-electron chi connectivity index (χ2n) is 6.82. The van der Waals surface area contributed by atoms with Gasteiger partial charge in [-0.25, -0.2) is 9.18 Å². The topological polar surface area (TPSA) is 68.3 Å². The van der Waals surface area contributed by atoms with Gasteiger partial charge in [0, 0.05) is 18.7 Å². The lowest BCUT2D eigenvalue weighted by atomic mass is 10.0. The van der Waals surface area contributed by atoms with Crippen molar-refractivity contribution in [2.75, 3.05) is 13.1 Å². The molecule has 0 spiro atoms. The van der Waals surface area contributed by atoms with Gasteiger partial charge in [0.25, 0.3) is 5.91 Å². The molecule has 1 amide bonds. The molecule has 1 saturated heterocycles. The first-order valence-corrected chi connectivity index (χ1v) is 9.33. The number of hydrogen-bond donors (Lipinski definition) is 0. The van der Waals surface area contributed by atoms with Crippen molar-refractivity contribution in [1.82, 2.24) is 14.7 Å². The largest absolute Gasteiger partial charge is 0.438 e. The van der Waals surface area contributed by atoms with Crippen LogP contribution in [0.25, 0.3) is 11.5 Å². The molecular weight excluding hydrogens is 361 g/mol. The fourth-order valence-electron chi connectivity index (χ4n) is 3.47. The van der Waals surface area contributed by atoms with Gasteiger partial charge in [0.15, 0.2) is 6.04 Å². The van der Waals surface area contributed by atoms with Gasteiger partial charge < -0.3 is 9.32 Å². The van der Waals surface area contributed by atoms with Crippen molar-refractivity contribution in [1.29, 1.82) is 0 Å². The molecule has 0 radical (unpaired) electrons. The number of aromatic nitrogens is 2. The number of rotatable bonds is 4. The number of carbonyl (C=O) groups excluding carboxylic acids is 1. The lowest BCUT2D eigenvalue weighted by molar-refractivity contribution is -0.134. The van der Waals surface area contributed by atoms with Crippen LogP contribution in [0.1, 0.15) is 30.9 Å². The zero-order chi connectivity index (χ0) is 19.5. The van der Waals surface area contributed by atoms with Gasteiger partial charge in [0.05, 0.1) is 0 Å². The molecule has 2 aromatic carbocycles. The highest BCUT2D eigenvalue weighted by Gasteiger charge is 2.31. The molecule has 1 fully saturated rings. The summed E-state index contributed by atoms with van der Waals surface area (Å²) in [7, 11) is 0. The van der Waals surface area contributed by atoms with Crippen molar-refractivity contribution >= 4 is 5.91 Å². The van der Waals surface area contributed by atoms with Crippen LogP contribution in [0, 0.1) is 5.82 Å². The molecule has 7 heteroatoms. The molecule has 4 rings (SSSR count). The fraction of sp³-hybridized carbons (Fsp3) is 0.286. The number of piperidine rings is 1. The van der Waals surface area contributed by atoms with Gasteiger partial charge in [-0.2, -0.15) is 4.68 Å². The Morgan fingerprint density at radius 1 is 1.00 bits per heavy atom. The summed E-state index contributed by atoms with van der Waals surface area (Å²) >= 11 is 0. The highest BCUT2D eigenvalue weighted by atomic mass is 19.1. The Bertz CT molecular complexity index is 1010. The third kappa shape index (κ3) is 3.60. The molecule has 144 valence electrons. The van der Waals surface area contributed by atoms with Crippen LogP contribution in [0.4, 0.5) is 4.39 Å². The third-order valence-electron chi connectivity index (χ3n) is 4.92. The molecule has 0 bridgehead atoms. The molecule has 3 aromatic rings. The maximum atomic E-state index is 13.3. The fourth-order valence-corrected chi connectivity index (χ4v) is 3.47. The predicted molar refractivity (Wildman–Crippen MR) is 101 cm³/mol. The van der Waals surface area contributed by atoms with E-state index in [2.05, 4.69) is 5.10 Å². The van der Waals surface area contributed by atoms with Crippen LogP contribution in [0.15, 0.2) is 63.8 Å². The SMILES string of the molecule is O=C([C@@H](c1ccccc1)n1nc(-c2ccc(F)cc2)oc1=O)N1CCCCC1. The second-order valence-corrected chi connectivity index (χ2v) is 6.82. The first-order valence-electron chi connectivity index (χ1n) is 9.33. The van der Waals surface area contributed by atoms with Gasteiger partial charge in [-0.05, 0) is 49.1 Å². The first-order chi connectivity index (χ1) is 13.6. The maximum absolute atomic E-state index is 13.3. The summed E-state index contributed by atoms with van der Waals surface area (Å²) in [6, 6.07) is 13.7. The summed E-state index contributed by atoms with van der Waals surface area (Å²) in [6.45, 7) is 1.33. The van der Waals surface area contributed by atoms with Gasteiger partial charge in [-0.1, -0.05) is 30.3 Å². The highest BCUT2D eigenvalue weighted by Crippen LogP contribution is 2.23.